The minimum Gasteiger partial charge on any atom is -0.490 e. The third kappa shape index (κ3) is 4.74. The zero-order valence-corrected chi connectivity index (χ0v) is 12.8. The maximum atomic E-state index is 9.03. The number of alkyl halides is 1. The number of aliphatic hydroxyl groups is 2. The van der Waals surface area contributed by atoms with E-state index in [1.807, 2.05) is 23.1 Å². The van der Waals surface area contributed by atoms with Gasteiger partial charge in [-0.1, -0.05) is 6.07 Å². The summed E-state index contributed by atoms with van der Waals surface area (Å²) in [5.74, 6) is 1.48. The van der Waals surface area contributed by atoms with Crippen molar-refractivity contribution >= 4 is 11.6 Å². The van der Waals surface area contributed by atoms with E-state index in [0.717, 1.165) is 23.5 Å². The summed E-state index contributed by atoms with van der Waals surface area (Å²) < 4.78 is 11.3. The van der Waals surface area contributed by atoms with E-state index in [2.05, 4.69) is 0 Å². The van der Waals surface area contributed by atoms with Gasteiger partial charge in [0.05, 0.1) is 31.8 Å². The monoisotopic (exact) mass is 315 g/mol. The molecule has 5 nitrogen and oxygen atoms in total. The number of hydrogen-bond donors (Lipinski definition) is 2. The van der Waals surface area contributed by atoms with Crippen LogP contribution in [0.25, 0.3) is 0 Å². The summed E-state index contributed by atoms with van der Waals surface area (Å²) >= 11 is 6.45. The van der Waals surface area contributed by atoms with Crippen LogP contribution in [0.5, 0.6) is 11.5 Å². The third-order valence-corrected chi connectivity index (χ3v) is 3.77. The van der Waals surface area contributed by atoms with Crippen LogP contribution in [-0.2, 0) is 0 Å². The molecular weight excluding hydrogens is 294 g/mol. The van der Waals surface area contributed by atoms with Gasteiger partial charge in [-0.15, -0.1) is 11.6 Å². The number of halogens is 1. The summed E-state index contributed by atoms with van der Waals surface area (Å²) in [6.45, 7) is 2.95. The molecule has 1 unspecified atom stereocenters. The van der Waals surface area contributed by atoms with Crippen molar-refractivity contribution in [3.63, 3.8) is 0 Å². The van der Waals surface area contributed by atoms with E-state index in [9.17, 15) is 0 Å². The molecule has 118 valence electrons. The summed E-state index contributed by atoms with van der Waals surface area (Å²) in [5, 5.41) is 17.8. The predicted molar refractivity (Wildman–Crippen MR) is 81.3 cm³/mol. The summed E-state index contributed by atoms with van der Waals surface area (Å²) in [4.78, 5) is 1.93. The molecule has 0 saturated heterocycles. The Labute approximate surface area is 130 Å². The Balaban J connectivity index is 2.04. The van der Waals surface area contributed by atoms with Gasteiger partial charge in [-0.25, -0.2) is 0 Å². The summed E-state index contributed by atoms with van der Waals surface area (Å²) in [7, 11) is 0. The van der Waals surface area contributed by atoms with Crippen molar-refractivity contribution in [2.24, 2.45) is 0 Å². The second-order valence-corrected chi connectivity index (χ2v) is 5.50. The van der Waals surface area contributed by atoms with Crippen LogP contribution >= 0.6 is 11.6 Å². The Morgan fingerprint density at radius 2 is 1.76 bits per heavy atom. The topological polar surface area (TPSA) is 62.2 Å². The highest BCUT2D eigenvalue weighted by molar-refractivity contribution is 6.21. The minimum absolute atomic E-state index is 0.0464. The van der Waals surface area contributed by atoms with E-state index in [-0.39, 0.29) is 18.6 Å². The standard InChI is InChI=1S/C15H22ClNO4/c16-13(11-17(4-6-18)5-7-19)12-2-3-14-15(10-12)21-9-1-8-20-14/h2-3,10,13,18-19H,1,4-9,11H2. The van der Waals surface area contributed by atoms with Gasteiger partial charge in [-0.3, -0.25) is 4.90 Å². The van der Waals surface area contributed by atoms with Crippen LogP contribution in [0.15, 0.2) is 18.2 Å². The average molecular weight is 316 g/mol. The molecule has 6 heteroatoms. The fourth-order valence-corrected chi connectivity index (χ4v) is 2.61. The maximum absolute atomic E-state index is 9.03. The Bertz CT molecular complexity index is 438. The van der Waals surface area contributed by atoms with E-state index in [4.69, 9.17) is 31.3 Å². The van der Waals surface area contributed by atoms with Crippen molar-refractivity contribution < 1.29 is 19.7 Å². The predicted octanol–water partition coefficient (Wildman–Crippen LogP) is 1.41. The number of benzene rings is 1. The van der Waals surface area contributed by atoms with Gasteiger partial charge in [-0.05, 0) is 17.7 Å². The first-order valence-corrected chi connectivity index (χ1v) is 7.66. The molecule has 0 spiro atoms. The second kappa shape index (κ2) is 8.44. The van der Waals surface area contributed by atoms with Crippen LogP contribution in [0.3, 0.4) is 0 Å². The van der Waals surface area contributed by atoms with Crippen LogP contribution in [-0.4, -0.2) is 61.2 Å². The zero-order valence-electron chi connectivity index (χ0n) is 12.0. The van der Waals surface area contributed by atoms with Crippen molar-refractivity contribution in [2.75, 3.05) is 46.1 Å². The molecule has 0 aliphatic carbocycles. The lowest BCUT2D eigenvalue weighted by Crippen LogP contribution is -2.32. The molecule has 0 bridgehead atoms. The molecule has 0 amide bonds. The molecule has 21 heavy (non-hydrogen) atoms. The Morgan fingerprint density at radius 3 is 2.43 bits per heavy atom. The SMILES string of the molecule is OCCN(CCO)CC(Cl)c1ccc2c(c1)OCCCO2. The van der Waals surface area contributed by atoms with E-state index in [0.29, 0.717) is 32.8 Å². The fourth-order valence-electron chi connectivity index (χ4n) is 2.28. The quantitative estimate of drug-likeness (QED) is 0.745. The van der Waals surface area contributed by atoms with Gasteiger partial charge in [0.1, 0.15) is 0 Å². The summed E-state index contributed by atoms with van der Waals surface area (Å²) in [6, 6.07) is 5.73. The largest absolute Gasteiger partial charge is 0.490 e. The first-order chi connectivity index (χ1) is 10.2. The molecule has 0 fully saturated rings. The second-order valence-electron chi connectivity index (χ2n) is 4.97. The lowest BCUT2D eigenvalue weighted by molar-refractivity contribution is 0.161. The Morgan fingerprint density at radius 1 is 1.10 bits per heavy atom. The van der Waals surface area contributed by atoms with Crippen molar-refractivity contribution in [1.82, 2.24) is 4.90 Å². The van der Waals surface area contributed by atoms with E-state index in [1.54, 1.807) is 0 Å². The van der Waals surface area contributed by atoms with Gasteiger partial charge in [-0.2, -0.15) is 0 Å². The van der Waals surface area contributed by atoms with Gasteiger partial charge >= 0.3 is 0 Å². The first kappa shape index (κ1) is 16.4. The number of hydrogen-bond acceptors (Lipinski definition) is 5. The minimum atomic E-state index is -0.236. The first-order valence-electron chi connectivity index (χ1n) is 7.22. The smallest absolute Gasteiger partial charge is 0.161 e. The highest BCUT2D eigenvalue weighted by atomic mass is 35.5. The lowest BCUT2D eigenvalue weighted by Gasteiger charge is -2.23. The van der Waals surface area contributed by atoms with Gasteiger partial charge in [0, 0.05) is 26.1 Å². The average Bonchev–Trinajstić information content (AvgIpc) is 2.72. The molecule has 1 aromatic rings. The van der Waals surface area contributed by atoms with Gasteiger partial charge < -0.3 is 19.7 Å². The molecule has 2 rings (SSSR count). The molecule has 1 aromatic carbocycles. The van der Waals surface area contributed by atoms with Crippen molar-refractivity contribution in [3.05, 3.63) is 23.8 Å². The summed E-state index contributed by atoms with van der Waals surface area (Å²) in [6.07, 6.45) is 0.870. The van der Waals surface area contributed by atoms with Crippen molar-refractivity contribution in [3.8, 4) is 11.5 Å². The molecule has 1 aliphatic heterocycles. The lowest BCUT2D eigenvalue weighted by atomic mass is 10.1. The molecule has 1 atom stereocenters. The van der Waals surface area contributed by atoms with Crippen LogP contribution in [0.1, 0.15) is 17.4 Å². The highest BCUT2D eigenvalue weighted by Crippen LogP contribution is 2.34. The molecule has 1 aliphatic rings. The molecular formula is C15H22ClNO4. The third-order valence-electron chi connectivity index (χ3n) is 3.38. The number of nitrogens with zero attached hydrogens (tertiary/aromatic N) is 1. The van der Waals surface area contributed by atoms with Gasteiger partial charge in [0.15, 0.2) is 11.5 Å². The molecule has 2 N–H and O–H groups in total. The number of aliphatic hydroxyl groups excluding tert-OH is 2. The van der Waals surface area contributed by atoms with E-state index >= 15 is 0 Å². The van der Waals surface area contributed by atoms with Crippen LogP contribution in [0, 0.1) is 0 Å². The maximum Gasteiger partial charge on any atom is 0.161 e. The normalized spacial score (nSPS) is 15.8. The molecule has 0 aromatic heterocycles. The highest BCUT2D eigenvalue weighted by Gasteiger charge is 2.17. The van der Waals surface area contributed by atoms with Crippen molar-refractivity contribution in [1.29, 1.82) is 0 Å². The Kier molecular flexibility index (Phi) is 6.57. The van der Waals surface area contributed by atoms with Crippen LogP contribution in [0.2, 0.25) is 0 Å². The zero-order chi connectivity index (χ0) is 15.1. The van der Waals surface area contributed by atoms with Gasteiger partial charge in [0.25, 0.3) is 0 Å². The molecule has 0 radical (unpaired) electrons. The fraction of sp³-hybridized carbons (Fsp3) is 0.600. The van der Waals surface area contributed by atoms with Crippen LogP contribution in [0.4, 0.5) is 0 Å². The Hall–Kier alpha value is -1.01. The summed E-state index contributed by atoms with van der Waals surface area (Å²) in [5.41, 5.74) is 0.946. The van der Waals surface area contributed by atoms with Crippen molar-refractivity contribution in [2.45, 2.75) is 11.8 Å². The van der Waals surface area contributed by atoms with E-state index in [1.165, 1.54) is 0 Å². The number of fused-ring (bicyclic) bond motifs is 1. The van der Waals surface area contributed by atoms with Crippen LogP contribution < -0.4 is 9.47 Å². The number of ether oxygens (including phenoxy) is 2. The van der Waals surface area contributed by atoms with Gasteiger partial charge in [0.2, 0.25) is 0 Å². The molecule has 0 saturated carbocycles. The molecule has 1 heterocycles. The van der Waals surface area contributed by atoms with E-state index < -0.39 is 0 Å². The number of rotatable bonds is 7.